The van der Waals surface area contributed by atoms with Crippen LogP contribution in [-0.4, -0.2) is 35.2 Å². The zero-order valence-corrected chi connectivity index (χ0v) is 16.4. The molecular formula is C21H26N4O3. The summed E-state index contributed by atoms with van der Waals surface area (Å²) < 4.78 is 7.18. The number of nitrogens with one attached hydrogen (secondary N) is 1. The number of benzene rings is 1. The fourth-order valence-corrected chi connectivity index (χ4v) is 4.23. The lowest BCUT2D eigenvalue weighted by molar-refractivity contribution is -0.126. The number of rotatable bonds is 5. The van der Waals surface area contributed by atoms with Crippen molar-refractivity contribution in [1.29, 1.82) is 0 Å². The molecule has 1 saturated heterocycles. The molecule has 1 aromatic heterocycles. The van der Waals surface area contributed by atoms with E-state index in [9.17, 15) is 9.59 Å². The molecule has 1 N–H and O–H groups in total. The largest absolute Gasteiger partial charge is 0.497 e. The highest BCUT2D eigenvalue weighted by molar-refractivity contribution is 6.00. The Morgan fingerprint density at radius 1 is 1.32 bits per heavy atom. The third-order valence-electron chi connectivity index (χ3n) is 5.74. The number of fused-ring (bicyclic) bond motifs is 1. The lowest BCUT2D eigenvalue weighted by Crippen LogP contribution is -2.33. The van der Waals surface area contributed by atoms with Crippen LogP contribution < -0.4 is 15.0 Å². The number of hydrogen-bond acceptors (Lipinski definition) is 4. The third kappa shape index (κ3) is 3.48. The quantitative estimate of drug-likeness (QED) is 0.858. The summed E-state index contributed by atoms with van der Waals surface area (Å²) in [6.07, 6.45) is 4.68. The number of ether oxygens (including phenoxy) is 1. The molecule has 1 aliphatic carbocycles. The van der Waals surface area contributed by atoms with E-state index in [0.29, 0.717) is 18.8 Å². The van der Waals surface area contributed by atoms with Crippen LogP contribution in [0.15, 0.2) is 24.3 Å². The second kappa shape index (κ2) is 7.66. The number of methoxy groups -OCH3 is 1. The Morgan fingerprint density at radius 2 is 2.14 bits per heavy atom. The van der Waals surface area contributed by atoms with Gasteiger partial charge in [-0.25, -0.2) is 0 Å². The van der Waals surface area contributed by atoms with Gasteiger partial charge in [0.2, 0.25) is 11.8 Å². The van der Waals surface area contributed by atoms with Crippen molar-refractivity contribution in [2.75, 3.05) is 18.6 Å². The Kier molecular flexibility index (Phi) is 5.07. The van der Waals surface area contributed by atoms with E-state index in [1.54, 1.807) is 12.0 Å². The fraction of sp³-hybridized carbons (Fsp3) is 0.476. The van der Waals surface area contributed by atoms with Crippen molar-refractivity contribution in [3.63, 3.8) is 0 Å². The van der Waals surface area contributed by atoms with E-state index in [0.717, 1.165) is 24.2 Å². The predicted molar refractivity (Wildman–Crippen MR) is 105 cm³/mol. The highest BCUT2D eigenvalue weighted by Gasteiger charge is 2.35. The van der Waals surface area contributed by atoms with E-state index < -0.39 is 0 Å². The average molecular weight is 382 g/mol. The van der Waals surface area contributed by atoms with Crippen LogP contribution >= 0.6 is 0 Å². The van der Waals surface area contributed by atoms with Crippen LogP contribution in [0.1, 0.15) is 36.2 Å². The number of aryl methyl sites for hydroxylation is 1. The molecule has 7 heteroatoms. The molecule has 148 valence electrons. The maximum atomic E-state index is 12.7. The second-order valence-corrected chi connectivity index (χ2v) is 7.53. The predicted octanol–water partition coefficient (Wildman–Crippen LogP) is 1.98. The summed E-state index contributed by atoms with van der Waals surface area (Å²) in [4.78, 5) is 26.8. The van der Waals surface area contributed by atoms with Gasteiger partial charge < -0.3 is 15.0 Å². The van der Waals surface area contributed by atoms with Crippen molar-refractivity contribution in [2.45, 2.75) is 38.6 Å². The van der Waals surface area contributed by atoms with Crippen LogP contribution in [0.25, 0.3) is 0 Å². The first kappa shape index (κ1) is 18.5. The third-order valence-corrected chi connectivity index (χ3v) is 5.74. The van der Waals surface area contributed by atoms with Gasteiger partial charge in [-0.15, -0.1) is 0 Å². The van der Waals surface area contributed by atoms with Gasteiger partial charge >= 0.3 is 0 Å². The fourth-order valence-electron chi connectivity index (χ4n) is 4.23. The summed E-state index contributed by atoms with van der Waals surface area (Å²) in [5, 5.41) is 7.60. The molecule has 0 unspecified atom stereocenters. The lowest BCUT2D eigenvalue weighted by atomic mass is 9.95. The van der Waals surface area contributed by atoms with E-state index in [-0.39, 0.29) is 24.2 Å². The van der Waals surface area contributed by atoms with E-state index in [2.05, 4.69) is 10.4 Å². The van der Waals surface area contributed by atoms with Crippen molar-refractivity contribution < 1.29 is 14.3 Å². The normalized spacial score (nSPS) is 18.9. The highest BCUT2D eigenvalue weighted by atomic mass is 16.5. The van der Waals surface area contributed by atoms with Gasteiger partial charge in [0.05, 0.1) is 25.3 Å². The number of carbonyl (C=O) groups is 2. The number of amides is 2. The molecule has 0 saturated carbocycles. The SMILES string of the molecule is COc1cccc(N2C[C@H](C(=O)NCc3nn(C)c4c3CCCC4)CC2=O)c1. The lowest BCUT2D eigenvalue weighted by Gasteiger charge is -2.17. The molecule has 2 aliphatic rings. The van der Waals surface area contributed by atoms with Gasteiger partial charge in [-0.05, 0) is 43.4 Å². The molecule has 0 spiro atoms. The van der Waals surface area contributed by atoms with Gasteiger partial charge in [0.1, 0.15) is 5.75 Å². The monoisotopic (exact) mass is 382 g/mol. The summed E-state index contributed by atoms with van der Waals surface area (Å²) in [5.74, 6) is 0.217. The molecule has 2 amide bonds. The standard InChI is InChI=1S/C21H26N4O3/c1-24-19-9-4-3-8-17(19)18(23-24)12-22-21(27)14-10-20(26)25(13-14)15-6-5-7-16(11-15)28-2/h5-7,11,14H,3-4,8-10,12-13H2,1-2H3,(H,22,27)/t14-/m1/s1. The van der Waals surface area contributed by atoms with E-state index in [1.807, 2.05) is 36.0 Å². The first-order chi connectivity index (χ1) is 13.6. The molecule has 2 heterocycles. The van der Waals surface area contributed by atoms with Crippen LogP contribution in [0, 0.1) is 5.92 Å². The Labute approximate surface area is 164 Å². The van der Waals surface area contributed by atoms with Gasteiger partial charge in [0, 0.05) is 37.5 Å². The van der Waals surface area contributed by atoms with Gasteiger partial charge in [0.15, 0.2) is 0 Å². The molecule has 0 bridgehead atoms. The number of aromatic nitrogens is 2. The molecule has 1 aliphatic heterocycles. The minimum Gasteiger partial charge on any atom is -0.497 e. The summed E-state index contributed by atoms with van der Waals surface area (Å²) in [5.41, 5.74) is 4.29. The minimum absolute atomic E-state index is 0.0383. The number of anilines is 1. The van der Waals surface area contributed by atoms with Crippen molar-refractivity contribution >= 4 is 17.5 Å². The maximum Gasteiger partial charge on any atom is 0.227 e. The second-order valence-electron chi connectivity index (χ2n) is 7.53. The molecule has 2 aromatic rings. The molecule has 1 aromatic carbocycles. The summed E-state index contributed by atoms with van der Waals surface area (Å²) in [6, 6.07) is 7.36. The van der Waals surface area contributed by atoms with E-state index in [4.69, 9.17) is 4.74 Å². The highest BCUT2D eigenvalue weighted by Crippen LogP contribution is 2.28. The van der Waals surface area contributed by atoms with Gasteiger partial charge in [0.25, 0.3) is 0 Å². The average Bonchev–Trinajstić information content (AvgIpc) is 3.27. The van der Waals surface area contributed by atoms with Gasteiger partial charge in [-0.1, -0.05) is 6.07 Å². The van der Waals surface area contributed by atoms with Crippen LogP contribution in [-0.2, 0) is 36.0 Å². The Hall–Kier alpha value is -2.83. The molecule has 4 rings (SSSR count). The topological polar surface area (TPSA) is 76.5 Å². The summed E-state index contributed by atoms with van der Waals surface area (Å²) in [6.45, 7) is 0.810. The van der Waals surface area contributed by atoms with Crippen molar-refractivity contribution in [3.8, 4) is 5.75 Å². The zero-order valence-electron chi connectivity index (χ0n) is 16.4. The van der Waals surface area contributed by atoms with Crippen molar-refractivity contribution in [2.24, 2.45) is 13.0 Å². The molecule has 1 fully saturated rings. The molecule has 1 atom stereocenters. The first-order valence-electron chi connectivity index (χ1n) is 9.82. The van der Waals surface area contributed by atoms with E-state index in [1.165, 1.54) is 24.1 Å². The molecule has 7 nitrogen and oxygen atoms in total. The molecular weight excluding hydrogens is 356 g/mol. The zero-order chi connectivity index (χ0) is 19.7. The maximum absolute atomic E-state index is 12.7. The summed E-state index contributed by atoms with van der Waals surface area (Å²) in [7, 11) is 3.56. The van der Waals surface area contributed by atoms with Crippen molar-refractivity contribution in [3.05, 3.63) is 41.2 Å². The van der Waals surface area contributed by atoms with Crippen LogP contribution in [0.3, 0.4) is 0 Å². The number of nitrogens with zero attached hydrogens (tertiary/aromatic N) is 3. The first-order valence-corrected chi connectivity index (χ1v) is 9.82. The number of carbonyl (C=O) groups excluding carboxylic acids is 2. The van der Waals surface area contributed by atoms with Crippen LogP contribution in [0.4, 0.5) is 5.69 Å². The summed E-state index contributed by atoms with van der Waals surface area (Å²) >= 11 is 0. The van der Waals surface area contributed by atoms with Gasteiger partial charge in [-0.3, -0.25) is 14.3 Å². The smallest absolute Gasteiger partial charge is 0.227 e. The Bertz CT molecular complexity index is 905. The minimum atomic E-state index is -0.349. The Morgan fingerprint density at radius 3 is 2.96 bits per heavy atom. The van der Waals surface area contributed by atoms with Gasteiger partial charge in [-0.2, -0.15) is 5.10 Å². The Balaban J connectivity index is 1.40. The molecule has 28 heavy (non-hydrogen) atoms. The number of hydrogen-bond donors (Lipinski definition) is 1. The van der Waals surface area contributed by atoms with Crippen LogP contribution in [0.2, 0.25) is 0 Å². The van der Waals surface area contributed by atoms with Crippen molar-refractivity contribution in [1.82, 2.24) is 15.1 Å². The van der Waals surface area contributed by atoms with E-state index >= 15 is 0 Å². The van der Waals surface area contributed by atoms with Crippen LogP contribution in [0.5, 0.6) is 5.75 Å². The molecule has 0 radical (unpaired) electrons.